The van der Waals surface area contributed by atoms with E-state index in [4.69, 9.17) is 10.6 Å². The number of carbonyl (C=O) groups excluding carboxylic acids is 2. The summed E-state index contributed by atoms with van der Waals surface area (Å²) in [5, 5.41) is 0. The molecule has 10 heteroatoms. The van der Waals surface area contributed by atoms with Gasteiger partial charge in [0, 0.05) is 23.3 Å². The highest BCUT2D eigenvalue weighted by Gasteiger charge is 2.49. The third kappa shape index (κ3) is 6.29. The van der Waals surface area contributed by atoms with Crippen molar-refractivity contribution in [1.29, 1.82) is 0 Å². The summed E-state index contributed by atoms with van der Waals surface area (Å²) in [6.45, 7) is 2.07. The highest BCUT2D eigenvalue weighted by molar-refractivity contribution is 7.88. The Hall–Kier alpha value is -3.73. The molecule has 41 heavy (non-hydrogen) atoms. The molecule has 1 aliphatic carbocycles. The minimum absolute atomic E-state index is 0.175. The van der Waals surface area contributed by atoms with Crippen LogP contribution in [0.3, 0.4) is 0 Å². The molecule has 1 heterocycles. The maximum absolute atomic E-state index is 14.3. The normalized spacial score (nSPS) is 22.7. The first-order valence-corrected chi connectivity index (χ1v) is 15.7. The molecule has 216 valence electrons. The number of sulfonamides is 1. The van der Waals surface area contributed by atoms with Gasteiger partial charge in [0.15, 0.2) is 0 Å². The number of nitrogens with one attached hydrogen (secondary N) is 2. The van der Waals surface area contributed by atoms with Crippen molar-refractivity contribution in [2.24, 2.45) is 0 Å². The molecule has 0 spiro atoms. The molecule has 0 radical (unpaired) electrons. The van der Waals surface area contributed by atoms with Gasteiger partial charge in [-0.3, -0.25) is 14.4 Å². The molecule has 0 bridgehead atoms. The third-order valence-electron chi connectivity index (χ3n) is 8.01. The van der Waals surface area contributed by atoms with E-state index in [2.05, 4.69) is 10.2 Å². The fourth-order valence-electron chi connectivity index (χ4n) is 6.08. The van der Waals surface area contributed by atoms with Crippen LogP contribution in [-0.2, 0) is 26.3 Å². The van der Waals surface area contributed by atoms with Crippen molar-refractivity contribution < 1.29 is 22.8 Å². The number of aryl methyl sites for hydroxylation is 1. The molecule has 1 saturated carbocycles. The Morgan fingerprint density at radius 1 is 1.02 bits per heavy atom. The Labute approximate surface area is 241 Å². The van der Waals surface area contributed by atoms with Crippen LogP contribution in [0.2, 0.25) is 0 Å². The van der Waals surface area contributed by atoms with Crippen molar-refractivity contribution in [2.75, 3.05) is 12.0 Å². The Balaban J connectivity index is 1.59. The first-order chi connectivity index (χ1) is 19.6. The number of nitrogens with zero attached hydrogens (tertiary/aromatic N) is 1. The highest BCUT2D eigenvalue weighted by atomic mass is 32.2. The van der Waals surface area contributed by atoms with E-state index in [1.54, 1.807) is 29.2 Å². The largest absolute Gasteiger partial charge is 0.399 e. The van der Waals surface area contributed by atoms with Gasteiger partial charge in [0.1, 0.15) is 0 Å². The number of nitrogens with two attached hydrogens (primary N) is 1. The fraction of sp³-hybridized carbons (Fsp3) is 0.355. The summed E-state index contributed by atoms with van der Waals surface area (Å²) in [6.07, 6.45) is 3.98. The van der Waals surface area contributed by atoms with Crippen molar-refractivity contribution >= 4 is 27.5 Å². The molecule has 5 rings (SSSR count). The Kier molecular flexibility index (Phi) is 8.44. The van der Waals surface area contributed by atoms with Crippen LogP contribution in [0.25, 0.3) is 0 Å². The van der Waals surface area contributed by atoms with E-state index >= 15 is 0 Å². The van der Waals surface area contributed by atoms with E-state index in [0.717, 1.165) is 30.2 Å². The summed E-state index contributed by atoms with van der Waals surface area (Å²) in [6, 6.07) is 20.5. The van der Waals surface area contributed by atoms with Gasteiger partial charge in [-0.1, -0.05) is 73.5 Å². The summed E-state index contributed by atoms with van der Waals surface area (Å²) in [5.41, 5.74) is 13.0. The summed E-state index contributed by atoms with van der Waals surface area (Å²) in [4.78, 5) is 35.7. The molecule has 0 saturated heterocycles. The van der Waals surface area contributed by atoms with E-state index in [0.29, 0.717) is 35.2 Å². The average Bonchev–Trinajstić information content (AvgIpc) is 2.95. The van der Waals surface area contributed by atoms with Gasteiger partial charge in [-0.25, -0.2) is 18.6 Å². The van der Waals surface area contributed by atoms with Gasteiger partial charge in [0.05, 0.1) is 24.8 Å². The Morgan fingerprint density at radius 3 is 2.46 bits per heavy atom. The second-order valence-electron chi connectivity index (χ2n) is 10.9. The second kappa shape index (κ2) is 12.0. The predicted molar refractivity (Wildman–Crippen MR) is 157 cm³/mol. The lowest BCUT2D eigenvalue weighted by Gasteiger charge is -2.49. The molecule has 4 atom stereocenters. The topological polar surface area (TPSA) is 131 Å². The SMILES string of the molecule is Cc1ccc([C@H]2[C@H](C(=O)NOCc3ccccc3)c3ccccc3C(=O)N2[C@H]2CCCC[C@@H]2NS(C)(=O)=O)cc1N. The average molecular weight is 577 g/mol. The van der Waals surface area contributed by atoms with Crippen LogP contribution in [0.15, 0.2) is 72.8 Å². The molecule has 3 aromatic carbocycles. The van der Waals surface area contributed by atoms with Crippen LogP contribution >= 0.6 is 0 Å². The number of benzene rings is 3. The molecule has 4 N–H and O–H groups in total. The van der Waals surface area contributed by atoms with Gasteiger partial charge in [-0.2, -0.15) is 0 Å². The van der Waals surface area contributed by atoms with Gasteiger partial charge in [0.2, 0.25) is 10.0 Å². The second-order valence-corrected chi connectivity index (χ2v) is 12.7. The lowest BCUT2D eigenvalue weighted by Crippen LogP contribution is -2.59. The van der Waals surface area contributed by atoms with Gasteiger partial charge in [-0.05, 0) is 54.2 Å². The monoisotopic (exact) mass is 576 g/mol. The van der Waals surface area contributed by atoms with Crippen LogP contribution in [0.4, 0.5) is 5.69 Å². The smallest absolute Gasteiger partial charge is 0.255 e. The molecule has 2 aliphatic rings. The standard InChI is InChI=1S/C31H36N4O5S/c1-20-16-17-22(18-25(20)32)29-28(30(36)33-40-19-21-10-4-3-5-11-21)23-12-6-7-13-24(23)31(37)35(29)27-15-9-8-14-26(27)34-41(2,38)39/h3-7,10-13,16-18,26-29,34H,8-9,14-15,19,32H2,1-2H3,(H,33,36)/t26-,27-,28+,29-/m0/s1. The number of amides is 2. The number of hydrogen-bond acceptors (Lipinski definition) is 6. The molecule has 1 aliphatic heterocycles. The Morgan fingerprint density at radius 2 is 1.73 bits per heavy atom. The Bertz CT molecular complexity index is 1530. The number of carbonyl (C=O) groups is 2. The molecule has 0 aromatic heterocycles. The van der Waals surface area contributed by atoms with Crippen LogP contribution in [-0.4, -0.2) is 43.5 Å². The molecular weight excluding hydrogens is 540 g/mol. The van der Waals surface area contributed by atoms with Crippen molar-refractivity contribution in [3.8, 4) is 0 Å². The maximum Gasteiger partial charge on any atom is 0.255 e. The number of hydroxylamine groups is 1. The first kappa shape index (κ1) is 28.8. The number of nitrogen functional groups attached to an aromatic ring is 1. The zero-order chi connectivity index (χ0) is 29.1. The van der Waals surface area contributed by atoms with Crippen LogP contribution < -0.4 is 15.9 Å². The van der Waals surface area contributed by atoms with E-state index < -0.39 is 40.0 Å². The minimum Gasteiger partial charge on any atom is -0.399 e. The van der Waals surface area contributed by atoms with E-state index in [-0.39, 0.29) is 12.5 Å². The van der Waals surface area contributed by atoms with E-state index in [1.165, 1.54) is 0 Å². The third-order valence-corrected chi connectivity index (χ3v) is 8.74. The van der Waals surface area contributed by atoms with Crippen LogP contribution in [0.5, 0.6) is 0 Å². The number of fused-ring (bicyclic) bond motifs is 1. The fourth-order valence-corrected chi connectivity index (χ4v) is 6.91. The predicted octanol–water partition coefficient (Wildman–Crippen LogP) is 3.97. The maximum atomic E-state index is 14.3. The molecule has 2 amide bonds. The van der Waals surface area contributed by atoms with Gasteiger partial charge in [-0.15, -0.1) is 0 Å². The molecule has 0 unspecified atom stereocenters. The summed E-state index contributed by atoms with van der Waals surface area (Å²) in [7, 11) is -3.54. The molecule has 1 fully saturated rings. The molecular formula is C31H36N4O5S. The van der Waals surface area contributed by atoms with Crippen molar-refractivity contribution in [3.63, 3.8) is 0 Å². The van der Waals surface area contributed by atoms with Gasteiger partial charge >= 0.3 is 0 Å². The summed E-state index contributed by atoms with van der Waals surface area (Å²) >= 11 is 0. The van der Waals surface area contributed by atoms with E-state index in [1.807, 2.05) is 55.5 Å². The molecule has 9 nitrogen and oxygen atoms in total. The van der Waals surface area contributed by atoms with Crippen molar-refractivity contribution in [2.45, 2.75) is 63.3 Å². The van der Waals surface area contributed by atoms with Gasteiger partial charge in [0.25, 0.3) is 11.8 Å². The highest BCUT2D eigenvalue weighted by Crippen LogP contribution is 2.46. The number of hydrogen-bond donors (Lipinski definition) is 3. The lowest BCUT2D eigenvalue weighted by molar-refractivity contribution is -0.138. The zero-order valence-corrected chi connectivity index (χ0v) is 24.1. The zero-order valence-electron chi connectivity index (χ0n) is 23.2. The number of anilines is 1. The summed E-state index contributed by atoms with van der Waals surface area (Å²) in [5.74, 6) is -1.48. The summed E-state index contributed by atoms with van der Waals surface area (Å²) < 4.78 is 27.4. The minimum atomic E-state index is -3.54. The van der Waals surface area contributed by atoms with Crippen LogP contribution in [0, 0.1) is 6.92 Å². The van der Waals surface area contributed by atoms with E-state index in [9.17, 15) is 18.0 Å². The quantitative estimate of drug-likeness (QED) is 0.275. The first-order valence-electron chi connectivity index (χ1n) is 13.8. The van der Waals surface area contributed by atoms with Crippen molar-refractivity contribution in [3.05, 3.63) is 101 Å². The number of rotatable bonds is 8. The van der Waals surface area contributed by atoms with Gasteiger partial charge < -0.3 is 10.6 Å². The van der Waals surface area contributed by atoms with Crippen LogP contribution in [0.1, 0.15) is 70.3 Å². The molecule has 3 aromatic rings. The van der Waals surface area contributed by atoms with Crippen molar-refractivity contribution in [1.82, 2.24) is 15.1 Å². The lowest BCUT2D eigenvalue weighted by atomic mass is 9.76.